The van der Waals surface area contributed by atoms with E-state index in [1.165, 1.54) is 18.2 Å². The van der Waals surface area contributed by atoms with E-state index in [-0.39, 0.29) is 23.1 Å². The molecule has 1 aliphatic carbocycles. The van der Waals surface area contributed by atoms with Crippen molar-refractivity contribution in [3.8, 4) is 0 Å². The van der Waals surface area contributed by atoms with E-state index in [9.17, 15) is 9.59 Å². The molecule has 0 aliphatic heterocycles. The van der Waals surface area contributed by atoms with Gasteiger partial charge in [-0.2, -0.15) is 0 Å². The number of nitrogens with one attached hydrogen (secondary N) is 1. The SMILES string of the molecule is C[C@H]1[C@H](n2c(SCC(=O)c3ccc[nH]3)nc3ccccc3c2=O)CCC[C@@H]1C. The number of rotatable bonds is 5. The second-order valence-corrected chi connectivity index (χ2v) is 8.66. The standard InChI is InChI=1S/C22H25N3O2S/c1-14-7-5-11-19(15(14)2)25-21(27)16-8-3-4-9-17(16)24-22(25)28-13-20(26)18-10-6-12-23-18/h3-4,6,8-10,12,14-15,19,23H,5,7,11,13H2,1-2H3/t14-,15+,19+/m0/s1. The Hall–Kier alpha value is -2.34. The van der Waals surface area contributed by atoms with Gasteiger partial charge in [0.25, 0.3) is 5.56 Å². The molecule has 28 heavy (non-hydrogen) atoms. The Labute approximate surface area is 168 Å². The number of carbonyl (C=O) groups excluding carboxylic acids is 1. The predicted octanol–water partition coefficient (Wildman–Crippen LogP) is 4.70. The summed E-state index contributed by atoms with van der Waals surface area (Å²) in [7, 11) is 0. The van der Waals surface area contributed by atoms with E-state index in [0.29, 0.717) is 33.6 Å². The topological polar surface area (TPSA) is 67.8 Å². The Bertz CT molecular complexity index is 1040. The van der Waals surface area contributed by atoms with Crippen LogP contribution in [0.4, 0.5) is 0 Å². The molecule has 2 aromatic heterocycles. The Kier molecular flexibility index (Phi) is 5.40. The summed E-state index contributed by atoms with van der Waals surface area (Å²) in [6, 6.07) is 11.2. The molecule has 3 aromatic rings. The van der Waals surface area contributed by atoms with Crippen molar-refractivity contribution in [3.05, 3.63) is 58.6 Å². The number of carbonyl (C=O) groups is 1. The average Bonchev–Trinajstić information content (AvgIpc) is 3.24. The molecule has 146 valence electrons. The van der Waals surface area contributed by atoms with Crippen molar-refractivity contribution in [3.63, 3.8) is 0 Å². The Morgan fingerprint density at radius 2 is 2.04 bits per heavy atom. The number of ketones is 1. The highest BCUT2D eigenvalue weighted by molar-refractivity contribution is 7.99. The van der Waals surface area contributed by atoms with Crippen molar-refractivity contribution < 1.29 is 4.79 Å². The highest BCUT2D eigenvalue weighted by Crippen LogP contribution is 2.38. The number of aromatic nitrogens is 3. The van der Waals surface area contributed by atoms with Crippen LogP contribution in [-0.4, -0.2) is 26.1 Å². The van der Waals surface area contributed by atoms with Gasteiger partial charge in [-0.05, 0) is 42.5 Å². The highest BCUT2D eigenvalue weighted by Gasteiger charge is 2.31. The van der Waals surface area contributed by atoms with E-state index < -0.39 is 0 Å². The summed E-state index contributed by atoms with van der Waals surface area (Å²) in [5.41, 5.74) is 1.28. The third-order valence-corrected chi connectivity index (χ3v) is 6.95. The first kappa shape index (κ1) is 19.0. The quantitative estimate of drug-likeness (QED) is 0.386. The number of thioether (sulfide) groups is 1. The summed E-state index contributed by atoms with van der Waals surface area (Å²) in [6.45, 7) is 4.49. The monoisotopic (exact) mass is 395 g/mol. The molecular weight excluding hydrogens is 370 g/mol. The van der Waals surface area contributed by atoms with Crippen LogP contribution in [0.25, 0.3) is 10.9 Å². The van der Waals surface area contributed by atoms with Crippen LogP contribution in [0, 0.1) is 11.8 Å². The van der Waals surface area contributed by atoms with Gasteiger partial charge in [-0.25, -0.2) is 4.98 Å². The molecule has 2 heterocycles. The number of nitrogens with zero attached hydrogens (tertiary/aromatic N) is 2. The summed E-state index contributed by atoms with van der Waals surface area (Å²) in [5, 5.41) is 1.29. The van der Waals surface area contributed by atoms with Crippen LogP contribution < -0.4 is 5.56 Å². The van der Waals surface area contributed by atoms with E-state index in [0.717, 1.165) is 12.8 Å². The molecule has 0 spiro atoms. The van der Waals surface area contributed by atoms with Gasteiger partial charge < -0.3 is 4.98 Å². The van der Waals surface area contributed by atoms with Gasteiger partial charge in [0.1, 0.15) is 0 Å². The minimum atomic E-state index is 0.00590. The molecule has 1 aliphatic rings. The fourth-order valence-corrected chi connectivity index (χ4v) is 5.09. The van der Waals surface area contributed by atoms with E-state index in [1.807, 2.05) is 34.9 Å². The Morgan fingerprint density at radius 1 is 1.21 bits per heavy atom. The summed E-state index contributed by atoms with van der Waals surface area (Å²) in [5.74, 6) is 1.22. The molecular formula is C22H25N3O2S. The molecule has 1 N–H and O–H groups in total. The lowest BCUT2D eigenvalue weighted by Gasteiger charge is -2.36. The van der Waals surface area contributed by atoms with Crippen molar-refractivity contribution in [2.45, 2.75) is 44.3 Å². The van der Waals surface area contributed by atoms with Crippen LogP contribution in [0.3, 0.4) is 0 Å². The van der Waals surface area contributed by atoms with Gasteiger partial charge in [-0.15, -0.1) is 0 Å². The van der Waals surface area contributed by atoms with Gasteiger partial charge in [0, 0.05) is 12.2 Å². The maximum atomic E-state index is 13.4. The van der Waals surface area contributed by atoms with E-state index in [2.05, 4.69) is 18.8 Å². The van der Waals surface area contributed by atoms with E-state index in [1.54, 1.807) is 12.3 Å². The minimum Gasteiger partial charge on any atom is -0.359 e. The van der Waals surface area contributed by atoms with Crippen molar-refractivity contribution in [2.24, 2.45) is 11.8 Å². The van der Waals surface area contributed by atoms with Gasteiger partial charge in [0.2, 0.25) is 0 Å². The molecule has 0 bridgehead atoms. The molecule has 1 aromatic carbocycles. The summed E-state index contributed by atoms with van der Waals surface area (Å²) in [4.78, 5) is 33.6. The molecule has 0 amide bonds. The zero-order valence-corrected chi connectivity index (χ0v) is 17.0. The summed E-state index contributed by atoms with van der Waals surface area (Å²) >= 11 is 1.36. The van der Waals surface area contributed by atoms with Gasteiger partial charge in [-0.1, -0.05) is 50.6 Å². The first-order valence-electron chi connectivity index (χ1n) is 9.87. The molecule has 1 fully saturated rings. The van der Waals surface area contributed by atoms with Crippen LogP contribution in [0.1, 0.15) is 49.6 Å². The first-order valence-corrected chi connectivity index (χ1v) is 10.9. The van der Waals surface area contributed by atoms with Crippen molar-refractivity contribution in [1.82, 2.24) is 14.5 Å². The lowest BCUT2D eigenvalue weighted by atomic mass is 9.78. The number of para-hydroxylation sites is 1. The maximum absolute atomic E-state index is 13.4. The lowest BCUT2D eigenvalue weighted by Crippen LogP contribution is -2.35. The molecule has 0 radical (unpaired) electrons. The number of fused-ring (bicyclic) bond motifs is 1. The zero-order valence-electron chi connectivity index (χ0n) is 16.2. The largest absolute Gasteiger partial charge is 0.359 e. The van der Waals surface area contributed by atoms with Crippen molar-refractivity contribution in [1.29, 1.82) is 0 Å². The van der Waals surface area contributed by atoms with Crippen LogP contribution in [0.2, 0.25) is 0 Å². The Balaban J connectivity index is 1.75. The van der Waals surface area contributed by atoms with Crippen molar-refractivity contribution in [2.75, 3.05) is 5.75 Å². The van der Waals surface area contributed by atoms with Gasteiger partial charge >= 0.3 is 0 Å². The zero-order chi connectivity index (χ0) is 19.7. The Morgan fingerprint density at radius 3 is 2.82 bits per heavy atom. The molecule has 1 saturated carbocycles. The number of benzene rings is 1. The fourth-order valence-electron chi connectivity index (χ4n) is 4.15. The summed E-state index contributed by atoms with van der Waals surface area (Å²) in [6.07, 6.45) is 5.03. The van der Waals surface area contributed by atoms with Crippen LogP contribution in [0.5, 0.6) is 0 Å². The number of Topliss-reactive ketones (excluding diaryl/α,β-unsaturated/α-hetero) is 1. The van der Waals surface area contributed by atoms with Gasteiger partial charge in [-0.3, -0.25) is 14.2 Å². The van der Waals surface area contributed by atoms with Crippen LogP contribution in [0.15, 0.2) is 52.5 Å². The highest BCUT2D eigenvalue weighted by atomic mass is 32.2. The number of hydrogen-bond donors (Lipinski definition) is 1. The van der Waals surface area contributed by atoms with Crippen LogP contribution in [-0.2, 0) is 0 Å². The normalized spacial score (nSPS) is 22.4. The van der Waals surface area contributed by atoms with Gasteiger partial charge in [0.05, 0.1) is 22.3 Å². The second-order valence-electron chi connectivity index (χ2n) is 7.72. The molecule has 0 saturated heterocycles. The lowest BCUT2D eigenvalue weighted by molar-refractivity contribution is 0.101. The average molecular weight is 396 g/mol. The van der Waals surface area contributed by atoms with E-state index >= 15 is 0 Å². The number of aromatic amines is 1. The molecule has 0 unspecified atom stereocenters. The molecule has 5 nitrogen and oxygen atoms in total. The smallest absolute Gasteiger partial charge is 0.262 e. The third kappa shape index (κ3) is 3.53. The minimum absolute atomic E-state index is 0.00590. The summed E-state index contributed by atoms with van der Waals surface area (Å²) < 4.78 is 1.87. The molecule has 4 rings (SSSR count). The maximum Gasteiger partial charge on any atom is 0.262 e. The molecule has 3 atom stereocenters. The first-order chi connectivity index (χ1) is 13.6. The number of H-pyrrole nitrogens is 1. The number of hydrogen-bond acceptors (Lipinski definition) is 4. The second kappa shape index (κ2) is 7.95. The van der Waals surface area contributed by atoms with Crippen LogP contribution >= 0.6 is 11.8 Å². The molecule has 6 heteroatoms. The predicted molar refractivity (Wildman–Crippen MR) is 113 cm³/mol. The fraction of sp³-hybridized carbons (Fsp3) is 0.409. The third-order valence-electron chi connectivity index (χ3n) is 6.00. The van der Waals surface area contributed by atoms with E-state index in [4.69, 9.17) is 4.98 Å². The van der Waals surface area contributed by atoms with Crippen molar-refractivity contribution >= 4 is 28.4 Å². The van der Waals surface area contributed by atoms with Gasteiger partial charge in [0.15, 0.2) is 10.9 Å².